The van der Waals surface area contributed by atoms with Gasteiger partial charge in [0.25, 0.3) is 5.78 Å². The van der Waals surface area contributed by atoms with Gasteiger partial charge >= 0.3 is 0 Å². The lowest BCUT2D eigenvalue weighted by Crippen LogP contribution is -2.03. The minimum atomic E-state index is -0.242. The maximum Gasteiger partial charge on any atom is 0.254 e. The van der Waals surface area contributed by atoms with Crippen molar-refractivity contribution >= 4 is 11.7 Å². The van der Waals surface area contributed by atoms with Gasteiger partial charge in [-0.15, -0.1) is 5.10 Å². The number of hydrogen-bond acceptors (Lipinski definition) is 4. The fraction of sp³-hybridized carbons (Fsp3) is 0.214. The van der Waals surface area contributed by atoms with E-state index >= 15 is 0 Å². The summed E-state index contributed by atoms with van der Waals surface area (Å²) in [6, 6.07) is 8.56. The van der Waals surface area contributed by atoms with Gasteiger partial charge < -0.3 is 5.32 Å². The van der Waals surface area contributed by atoms with Crippen LogP contribution in [0.1, 0.15) is 17.0 Å². The summed E-state index contributed by atoms with van der Waals surface area (Å²) >= 11 is 0. The minimum Gasteiger partial charge on any atom is -0.349 e. The normalized spacial score (nSPS) is 10.9. The highest BCUT2D eigenvalue weighted by Crippen LogP contribution is 2.11. The summed E-state index contributed by atoms with van der Waals surface area (Å²) in [4.78, 5) is 8.59. The van der Waals surface area contributed by atoms with E-state index in [0.29, 0.717) is 23.8 Å². The van der Waals surface area contributed by atoms with Crippen LogP contribution in [0.5, 0.6) is 0 Å². The Morgan fingerprint density at radius 2 is 2.00 bits per heavy atom. The molecule has 1 aromatic carbocycles. The minimum absolute atomic E-state index is 0.242. The molecular formula is C14H14FN5. The Morgan fingerprint density at radius 1 is 1.20 bits per heavy atom. The van der Waals surface area contributed by atoms with Crippen LogP contribution in [-0.4, -0.2) is 19.6 Å². The van der Waals surface area contributed by atoms with Crippen LogP contribution in [0.25, 0.3) is 5.78 Å². The van der Waals surface area contributed by atoms with Crippen LogP contribution >= 0.6 is 0 Å². The lowest BCUT2D eigenvalue weighted by atomic mass is 10.2. The standard InChI is InChI=1S/C14H14FN5/c1-9-7-10(2)20-14(17-9)18-13(19-20)16-8-11-5-3-4-6-12(11)15/h3-7H,8H2,1-2H3,(H,16,19). The van der Waals surface area contributed by atoms with Gasteiger partial charge in [0.1, 0.15) is 5.82 Å². The molecule has 0 aliphatic heterocycles. The molecule has 0 saturated carbocycles. The zero-order chi connectivity index (χ0) is 14.1. The average Bonchev–Trinajstić information content (AvgIpc) is 2.81. The molecule has 6 heteroatoms. The Labute approximate surface area is 115 Å². The molecular weight excluding hydrogens is 257 g/mol. The van der Waals surface area contributed by atoms with Gasteiger partial charge in [0.15, 0.2) is 0 Å². The molecule has 0 atom stereocenters. The molecule has 0 saturated heterocycles. The number of aryl methyl sites for hydroxylation is 2. The molecule has 5 nitrogen and oxygen atoms in total. The van der Waals surface area contributed by atoms with E-state index in [1.54, 1.807) is 22.7 Å². The van der Waals surface area contributed by atoms with E-state index in [-0.39, 0.29) is 5.82 Å². The average molecular weight is 271 g/mol. The number of rotatable bonds is 3. The van der Waals surface area contributed by atoms with Crippen LogP contribution in [-0.2, 0) is 6.54 Å². The lowest BCUT2D eigenvalue weighted by Gasteiger charge is -2.02. The lowest BCUT2D eigenvalue weighted by molar-refractivity contribution is 0.612. The van der Waals surface area contributed by atoms with E-state index in [1.807, 2.05) is 19.9 Å². The third-order valence-electron chi connectivity index (χ3n) is 3.01. The number of hydrogen-bond donors (Lipinski definition) is 1. The van der Waals surface area contributed by atoms with Gasteiger partial charge in [-0.2, -0.15) is 9.50 Å². The first-order valence-electron chi connectivity index (χ1n) is 6.32. The van der Waals surface area contributed by atoms with Crippen molar-refractivity contribution in [2.24, 2.45) is 0 Å². The molecule has 0 fully saturated rings. The van der Waals surface area contributed by atoms with Gasteiger partial charge in [0.2, 0.25) is 5.95 Å². The molecule has 0 aliphatic carbocycles. The Balaban J connectivity index is 1.85. The SMILES string of the molecule is Cc1cc(C)n2nc(NCc3ccccc3F)nc2n1. The number of nitrogens with zero attached hydrogens (tertiary/aromatic N) is 4. The number of nitrogens with one attached hydrogen (secondary N) is 1. The second-order valence-electron chi connectivity index (χ2n) is 4.63. The first-order valence-corrected chi connectivity index (χ1v) is 6.32. The van der Waals surface area contributed by atoms with Crippen LogP contribution in [0.3, 0.4) is 0 Å². The molecule has 0 amide bonds. The van der Waals surface area contributed by atoms with Crippen molar-refractivity contribution in [1.82, 2.24) is 19.6 Å². The zero-order valence-corrected chi connectivity index (χ0v) is 11.3. The second kappa shape index (κ2) is 4.88. The van der Waals surface area contributed by atoms with E-state index < -0.39 is 0 Å². The summed E-state index contributed by atoms with van der Waals surface area (Å²) in [6.45, 7) is 4.19. The predicted molar refractivity (Wildman–Crippen MR) is 74.0 cm³/mol. The molecule has 102 valence electrons. The van der Waals surface area contributed by atoms with Crippen molar-refractivity contribution in [3.05, 3.63) is 53.1 Å². The van der Waals surface area contributed by atoms with Gasteiger partial charge in [-0.3, -0.25) is 0 Å². The van der Waals surface area contributed by atoms with E-state index in [2.05, 4.69) is 20.4 Å². The van der Waals surface area contributed by atoms with E-state index in [4.69, 9.17) is 0 Å². The zero-order valence-electron chi connectivity index (χ0n) is 11.3. The summed E-state index contributed by atoms with van der Waals surface area (Å²) in [5.41, 5.74) is 2.43. The Kier molecular flexibility index (Phi) is 3.06. The third-order valence-corrected chi connectivity index (χ3v) is 3.01. The van der Waals surface area contributed by atoms with E-state index in [0.717, 1.165) is 11.4 Å². The first-order chi connectivity index (χ1) is 9.63. The molecule has 3 aromatic rings. The van der Waals surface area contributed by atoms with Gasteiger partial charge in [-0.05, 0) is 26.0 Å². The molecule has 3 rings (SSSR count). The molecule has 2 heterocycles. The molecule has 0 radical (unpaired) electrons. The molecule has 1 N–H and O–H groups in total. The number of halogens is 1. The van der Waals surface area contributed by atoms with Crippen LogP contribution in [0, 0.1) is 19.7 Å². The molecule has 2 aromatic heterocycles. The Hall–Kier alpha value is -2.50. The predicted octanol–water partition coefficient (Wildman–Crippen LogP) is 2.49. The quantitative estimate of drug-likeness (QED) is 0.795. The molecule has 0 aliphatic rings. The van der Waals surface area contributed by atoms with Gasteiger partial charge in [0, 0.05) is 23.5 Å². The van der Waals surface area contributed by atoms with Crippen molar-refractivity contribution in [2.45, 2.75) is 20.4 Å². The summed E-state index contributed by atoms with van der Waals surface area (Å²) in [5, 5.41) is 7.32. The van der Waals surface area contributed by atoms with Crippen molar-refractivity contribution in [1.29, 1.82) is 0 Å². The fourth-order valence-electron chi connectivity index (χ4n) is 2.06. The van der Waals surface area contributed by atoms with Gasteiger partial charge in [-0.1, -0.05) is 18.2 Å². The number of anilines is 1. The highest BCUT2D eigenvalue weighted by atomic mass is 19.1. The highest BCUT2D eigenvalue weighted by molar-refractivity contribution is 5.39. The summed E-state index contributed by atoms with van der Waals surface area (Å²) < 4.78 is 15.2. The molecule has 0 bridgehead atoms. The van der Waals surface area contributed by atoms with Crippen molar-refractivity contribution in [3.8, 4) is 0 Å². The maximum atomic E-state index is 13.5. The van der Waals surface area contributed by atoms with Gasteiger partial charge in [-0.25, -0.2) is 9.37 Å². The van der Waals surface area contributed by atoms with Crippen molar-refractivity contribution in [3.63, 3.8) is 0 Å². The largest absolute Gasteiger partial charge is 0.349 e. The number of fused-ring (bicyclic) bond motifs is 1. The summed E-state index contributed by atoms with van der Waals surface area (Å²) in [6.07, 6.45) is 0. The van der Waals surface area contributed by atoms with Crippen LogP contribution in [0.4, 0.5) is 10.3 Å². The van der Waals surface area contributed by atoms with Crippen molar-refractivity contribution in [2.75, 3.05) is 5.32 Å². The molecule has 0 unspecified atom stereocenters. The fourth-order valence-corrected chi connectivity index (χ4v) is 2.06. The topological polar surface area (TPSA) is 55.1 Å². The van der Waals surface area contributed by atoms with Crippen LogP contribution in [0.15, 0.2) is 30.3 Å². The molecule has 20 heavy (non-hydrogen) atoms. The summed E-state index contributed by atoms with van der Waals surface area (Å²) in [7, 11) is 0. The molecule has 0 spiro atoms. The monoisotopic (exact) mass is 271 g/mol. The highest BCUT2D eigenvalue weighted by Gasteiger charge is 2.08. The number of benzene rings is 1. The van der Waals surface area contributed by atoms with Crippen LogP contribution < -0.4 is 5.32 Å². The van der Waals surface area contributed by atoms with E-state index in [9.17, 15) is 4.39 Å². The Morgan fingerprint density at radius 3 is 2.80 bits per heavy atom. The number of aromatic nitrogens is 4. The third kappa shape index (κ3) is 2.32. The van der Waals surface area contributed by atoms with Crippen LogP contribution in [0.2, 0.25) is 0 Å². The summed E-state index contributed by atoms with van der Waals surface area (Å²) in [5.74, 6) is 0.738. The Bertz CT molecular complexity index is 765. The maximum absolute atomic E-state index is 13.5. The van der Waals surface area contributed by atoms with Crippen molar-refractivity contribution < 1.29 is 4.39 Å². The second-order valence-corrected chi connectivity index (χ2v) is 4.63. The van der Waals surface area contributed by atoms with Gasteiger partial charge in [0.05, 0.1) is 0 Å². The first kappa shape index (κ1) is 12.5. The smallest absolute Gasteiger partial charge is 0.254 e. The van der Waals surface area contributed by atoms with E-state index in [1.165, 1.54) is 6.07 Å².